The van der Waals surface area contributed by atoms with Gasteiger partial charge in [-0.15, -0.1) is 0 Å². The fraction of sp³-hybridized carbons (Fsp3) is 0.333. The molecular weight excluding hydrogens is 232 g/mol. The van der Waals surface area contributed by atoms with E-state index in [0.29, 0.717) is 0 Å². The Kier molecular flexibility index (Phi) is 2.55. The second kappa shape index (κ2) is 4.21. The summed E-state index contributed by atoms with van der Waals surface area (Å²) in [7, 11) is 0. The molecule has 1 fully saturated rings. The molecule has 92 valence electrons. The maximum absolute atomic E-state index is 10.8. The van der Waals surface area contributed by atoms with Crippen molar-refractivity contribution in [2.24, 2.45) is 0 Å². The molecule has 0 amide bonds. The van der Waals surface area contributed by atoms with Gasteiger partial charge in [0, 0.05) is 18.1 Å². The predicted molar refractivity (Wildman–Crippen MR) is 64.1 cm³/mol. The zero-order chi connectivity index (χ0) is 12.5. The average molecular weight is 244 g/mol. The lowest BCUT2D eigenvalue weighted by atomic mass is 9.75. The largest absolute Gasteiger partial charge is 0.269 e. The van der Waals surface area contributed by atoms with E-state index in [1.165, 1.54) is 6.07 Å². The van der Waals surface area contributed by atoms with Gasteiger partial charge in [-0.2, -0.15) is 15.0 Å². The molecule has 6 heteroatoms. The van der Waals surface area contributed by atoms with Crippen LogP contribution in [0.5, 0.6) is 0 Å². The number of non-ortho nitro benzene ring substituents is 1. The van der Waals surface area contributed by atoms with Crippen LogP contribution in [0.4, 0.5) is 5.69 Å². The highest BCUT2D eigenvalue weighted by atomic mass is 16.6. The summed E-state index contributed by atoms with van der Waals surface area (Å²) >= 11 is 0. The van der Waals surface area contributed by atoms with Crippen LogP contribution in [0.2, 0.25) is 0 Å². The molecular formula is C12H12N4O2. The zero-order valence-corrected chi connectivity index (χ0v) is 9.64. The Hall–Kier alpha value is -2.24. The number of hydrogen-bond acceptors (Lipinski definition) is 4. The van der Waals surface area contributed by atoms with Crippen LogP contribution in [-0.2, 0) is 0 Å². The molecule has 0 spiro atoms. The van der Waals surface area contributed by atoms with Gasteiger partial charge in [0.25, 0.3) is 5.69 Å². The van der Waals surface area contributed by atoms with E-state index in [2.05, 4.69) is 10.2 Å². The summed E-state index contributed by atoms with van der Waals surface area (Å²) in [6.45, 7) is 0. The Morgan fingerprint density at radius 2 is 2.06 bits per heavy atom. The van der Waals surface area contributed by atoms with Gasteiger partial charge in [-0.05, 0) is 18.4 Å². The van der Waals surface area contributed by atoms with Gasteiger partial charge < -0.3 is 0 Å². The van der Waals surface area contributed by atoms with Crippen LogP contribution in [-0.4, -0.2) is 19.9 Å². The molecule has 0 aliphatic heterocycles. The minimum Gasteiger partial charge on any atom is -0.258 e. The van der Waals surface area contributed by atoms with Gasteiger partial charge in [0.15, 0.2) is 0 Å². The summed E-state index contributed by atoms with van der Waals surface area (Å²) in [5.74, 6) is 0.275. The van der Waals surface area contributed by atoms with Gasteiger partial charge in [0.2, 0.25) is 0 Å². The fourth-order valence-electron chi connectivity index (χ4n) is 2.41. The van der Waals surface area contributed by atoms with Crippen molar-refractivity contribution in [3.8, 4) is 0 Å². The molecule has 2 aromatic rings. The summed E-state index contributed by atoms with van der Waals surface area (Å²) in [6, 6.07) is 7.07. The van der Waals surface area contributed by atoms with Crippen LogP contribution in [0.25, 0.3) is 0 Å². The Balaban J connectivity index is 1.87. The van der Waals surface area contributed by atoms with E-state index in [9.17, 15) is 10.1 Å². The summed E-state index contributed by atoms with van der Waals surface area (Å²) in [4.78, 5) is 12.1. The molecule has 0 N–H and O–H groups in total. The standard InChI is InChI=1S/C12H12N4O2/c17-16(18)10-3-1-2-9(8-10)11-4-5-12(11)15-13-6-7-14-15/h1-3,6-8,11-12H,4-5H2/t11-,12+/m0/s1. The molecule has 1 aromatic carbocycles. The molecule has 1 aromatic heterocycles. The molecule has 0 unspecified atom stereocenters. The lowest BCUT2D eigenvalue weighted by Crippen LogP contribution is -2.28. The number of nitro benzene ring substituents is 1. The molecule has 0 saturated heterocycles. The van der Waals surface area contributed by atoms with Crippen molar-refractivity contribution in [2.75, 3.05) is 0 Å². The maximum atomic E-state index is 10.8. The second-order valence-electron chi connectivity index (χ2n) is 4.45. The lowest BCUT2D eigenvalue weighted by molar-refractivity contribution is -0.384. The highest BCUT2D eigenvalue weighted by Crippen LogP contribution is 2.45. The zero-order valence-electron chi connectivity index (χ0n) is 9.64. The molecule has 0 radical (unpaired) electrons. The van der Waals surface area contributed by atoms with Crippen molar-refractivity contribution >= 4 is 5.69 Å². The highest BCUT2D eigenvalue weighted by Gasteiger charge is 2.35. The SMILES string of the molecule is O=[N+]([O-])c1cccc([C@@H]2CC[C@H]2n2nccn2)c1. The number of benzene rings is 1. The smallest absolute Gasteiger partial charge is 0.258 e. The number of nitro groups is 1. The minimum absolute atomic E-state index is 0.145. The van der Waals surface area contributed by atoms with E-state index >= 15 is 0 Å². The monoisotopic (exact) mass is 244 g/mol. The minimum atomic E-state index is -0.358. The van der Waals surface area contributed by atoms with Crippen molar-refractivity contribution in [3.63, 3.8) is 0 Å². The van der Waals surface area contributed by atoms with Gasteiger partial charge in [-0.25, -0.2) is 0 Å². The number of nitrogens with zero attached hydrogens (tertiary/aromatic N) is 4. The summed E-state index contributed by atoms with van der Waals surface area (Å²) in [6.07, 6.45) is 5.35. The number of rotatable bonds is 3. The van der Waals surface area contributed by atoms with E-state index in [4.69, 9.17) is 0 Å². The Morgan fingerprint density at radius 3 is 2.67 bits per heavy atom. The second-order valence-corrected chi connectivity index (χ2v) is 4.45. The topological polar surface area (TPSA) is 73.8 Å². The Labute approximate surface area is 103 Å². The highest BCUT2D eigenvalue weighted by molar-refractivity contribution is 5.37. The molecule has 6 nitrogen and oxygen atoms in total. The van der Waals surface area contributed by atoms with Crippen LogP contribution < -0.4 is 0 Å². The Morgan fingerprint density at radius 1 is 1.28 bits per heavy atom. The van der Waals surface area contributed by atoms with Crippen molar-refractivity contribution in [3.05, 3.63) is 52.3 Å². The third-order valence-corrected chi connectivity index (χ3v) is 3.48. The summed E-state index contributed by atoms with van der Waals surface area (Å²) in [5, 5.41) is 19.1. The van der Waals surface area contributed by atoms with Crippen LogP contribution in [0.1, 0.15) is 30.4 Å². The number of hydrogen-bond donors (Lipinski definition) is 0. The molecule has 0 bridgehead atoms. The van der Waals surface area contributed by atoms with E-state index in [1.54, 1.807) is 29.3 Å². The van der Waals surface area contributed by atoms with Crippen LogP contribution in [0.3, 0.4) is 0 Å². The van der Waals surface area contributed by atoms with Gasteiger partial charge in [0.1, 0.15) is 0 Å². The van der Waals surface area contributed by atoms with Gasteiger partial charge >= 0.3 is 0 Å². The third kappa shape index (κ3) is 1.75. The van der Waals surface area contributed by atoms with Crippen molar-refractivity contribution in [1.82, 2.24) is 15.0 Å². The van der Waals surface area contributed by atoms with Crippen molar-refractivity contribution < 1.29 is 4.92 Å². The summed E-state index contributed by atoms with van der Waals surface area (Å²) in [5.41, 5.74) is 1.14. The first-order valence-electron chi connectivity index (χ1n) is 5.86. The first kappa shape index (κ1) is 10.9. The van der Waals surface area contributed by atoms with E-state index in [-0.39, 0.29) is 22.6 Å². The number of aromatic nitrogens is 3. The van der Waals surface area contributed by atoms with Crippen LogP contribution in [0, 0.1) is 10.1 Å². The van der Waals surface area contributed by atoms with Crippen LogP contribution in [0.15, 0.2) is 36.7 Å². The Bertz CT molecular complexity index is 567. The van der Waals surface area contributed by atoms with E-state index in [0.717, 1.165) is 18.4 Å². The predicted octanol–water partition coefficient (Wildman–Crippen LogP) is 2.30. The van der Waals surface area contributed by atoms with Gasteiger partial charge in [-0.3, -0.25) is 10.1 Å². The lowest BCUT2D eigenvalue weighted by Gasteiger charge is -2.35. The quantitative estimate of drug-likeness (QED) is 0.613. The van der Waals surface area contributed by atoms with Crippen LogP contribution >= 0.6 is 0 Å². The molecule has 1 heterocycles. The summed E-state index contributed by atoms with van der Waals surface area (Å²) < 4.78 is 0. The molecule has 1 saturated carbocycles. The molecule has 3 rings (SSSR count). The molecule has 18 heavy (non-hydrogen) atoms. The molecule has 2 atom stereocenters. The van der Waals surface area contributed by atoms with E-state index in [1.807, 2.05) is 6.07 Å². The van der Waals surface area contributed by atoms with Crippen molar-refractivity contribution in [2.45, 2.75) is 24.8 Å². The maximum Gasteiger partial charge on any atom is 0.269 e. The van der Waals surface area contributed by atoms with Gasteiger partial charge in [-0.1, -0.05) is 12.1 Å². The normalized spacial score (nSPS) is 22.4. The van der Waals surface area contributed by atoms with Gasteiger partial charge in [0.05, 0.1) is 23.4 Å². The van der Waals surface area contributed by atoms with Crippen molar-refractivity contribution in [1.29, 1.82) is 0 Å². The molecule has 1 aliphatic carbocycles. The first-order valence-corrected chi connectivity index (χ1v) is 5.86. The molecule has 1 aliphatic rings. The van der Waals surface area contributed by atoms with E-state index < -0.39 is 0 Å². The fourth-order valence-corrected chi connectivity index (χ4v) is 2.41. The average Bonchev–Trinajstić information content (AvgIpc) is 2.81. The first-order chi connectivity index (χ1) is 8.75. The third-order valence-electron chi connectivity index (χ3n) is 3.48.